The number of anilines is 1. The van der Waals surface area contributed by atoms with E-state index in [1.54, 1.807) is 9.58 Å². The zero-order chi connectivity index (χ0) is 21.7. The summed E-state index contributed by atoms with van der Waals surface area (Å²) in [5, 5.41) is 5.21. The van der Waals surface area contributed by atoms with Crippen molar-refractivity contribution in [3.63, 3.8) is 0 Å². The van der Waals surface area contributed by atoms with E-state index in [4.69, 9.17) is 14.6 Å². The van der Waals surface area contributed by atoms with Gasteiger partial charge in [0.15, 0.2) is 11.5 Å². The summed E-state index contributed by atoms with van der Waals surface area (Å²) in [6.45, 7) is 3.62. The molecule has 31 heavy (non-hydrogen) atoms. The topological polar surface area (TPSA) is 88.4 Å². The number of fused-ring (bicyclic) bond motifs is 4. The molecule has 2 aromatic carbocycles. The molecule has 3 heterocycles. The van der Waals surface area contributed by atoms with Crippen LogP contribution in [0.25, 0.3) is 11.3 Å². The molecule has 158 valence electrons. The first-order chi connectivity index (χ1) is 15.0. The van der Waals surface area contributed by atoms with Gasteiger partial charge in [-0.1, -0.05) is 46.7 Å². The Morgan fingerprint density at radius 1 is 1.32 bits per heavy atom. The summed E-state index contributed by atoms with van der Waals surface area (Å²) >= 11 is 5.04. The van der Waals surface area contributed by atoms with Gasteiger partial charge in [-0.15, -0.1) is 0 Å². The molecule has 0 spiro atoms. The second-order valence-electron chi connectivity index (χ2n) is 6.99. The lowest BCUT2D eigenvalue weighted by molar-refractivity contribution is -0.763. The van der Waals surface area contributed by atoms with Crippen molar-refractivity contribution in [2.45, 2.75) is 25.2 Å². The van der Waals surface area contributed by atoms with Crippen LogP contribution >= 0.6 is 27.7 Å². The van der Waals surface area contributed by atoms with E-state index >= 15 is 0 Å². The summed E-state index contributed by atoms with van der Waals surface area (Å²) in [6, 6.07) is 11.0. The molecule has 5 rings (SSSR count). The molecule has 8 nitrogen and oxygen atoms in total. The Morgan fingerprint density at radius 2 is 2.06 bits per heavy atom. The van der Waals surface area contributed by atoms with Gasteiger partial charge >= 0.3 is 11.3 Å². The third-order valence-corrected chi connectivity index (χ3v) is 6.58. The lowest BCUT2D eigenvalue weighted by atomic mass is 10.0. The maximum atomic E-state index is 13.2. The molecule has 2 aliphatic rings. The smallest absolute Gasteiger partial charge is 0.325 e. The summed E-state index contributed by atoms with van der Waals surface area (Å²) < 4.78 is 13.4. The number of nitrogens with one attached hydrogen (secondary N) is 1. The van der Waals surface area contributed by atoms with Crippen molar-refractivity contribution in [2.75, 3.05) is 17.4 Å². The van der Waals surface area contributed by atoms with Crippen molar-refractivity contribution in [3.05, 3.63) is 56.8 Å². The quantitative estimate of drug-likeness (QED) is 0.437. The number of H-pyrrole nitrogens is 1. The van der Waals surface area contributed by atoms with E-state index in [0.717, 1.165) is 15.8 Å². The number of hydrogen-bond donors (Lipinski definition) is 1. The summed E-state index contributed by atoms with van der Waals surface area (Å²) in [5.41, 5.74) is 2.15. The van der Waals surface area contributed by atoms with E-state index in [2.05, 4.69) is 20.9 Å². The molecule has 10 heteroatoms. The first-order valence-electron chi connectivity index (χ1n) is 9.66. The van der Waals surface area contributed by atoms with Gasteiger partial charge in [0.05, 0.1) is 16.8 Å². The maximum Gasteiger partial charge on any atom is 0.325 e. The van der Waals surface area contributed by atoms with E-state index in [-0.39, 0.29) is 18.3 Å². The number of ether oxygens (including phenoxy) is 2. The highest BCUT2D eigenvalue weighted by Gasteiger charge is 2.46. The van der Waals surface area contributed by atoms with Crippen LogP contribution in [-0.4, -0.2) is 28.5 Å². The van der Waals surface area contributed by atoms with E-state index in [9.17, 15) is 9.59 Å². The largest absolute Gasteiger partial charge is 0.454 e. The molecule has 0 saturated heterocycles. The Hall–Kier alpha value is -2.85. The fourth-order valence-corrected chi connectivity index (χ4v) is 5.04. The van der Waals surface area contributed by atoms with Crippen LogP contribution < -0.4 is 24.6 Å². The van der Waals surface area contributed by atoms with Crippen molar-refractivity contribution in [2.24, 2.45) is 0 Å². The van der Waals surface area contributed by atoms with Crippen LogP contribution in [0, 0.1) is 0 Å². The van der Waals surface area contributed by atoms with Gasteiger partial charge in [-0.25, -0.2) is 4.90 Å². The van der Waals surface area contributed by atoms with Crippen LogP contribution in [0.15, 0.2) is 50.8 Å². The Labute approximate surface area is 190 Å². The predicted octanol–water partition coefficient (Wildman–Crippen LogP) is 3.24. The van der Waals surface area contributed by atoms with Gasteiger partial charge < -0.3 is 9.47 Å². The van der Waals surface area contributed by atoms with Gasteiger partial charge in [0.2, 0.25) is 17.9 Å². The molecule has 0 bridgehead atoms. The minimum absolute atomic E-state index is 0.133. The maximum absolute atomic E-state index is 13.2. The number of para-hydroxylation sites is 1. The Kier molecular flexibility index (Phi) is 4.98. The van der Waals surface area contributed by atoms with Crippen molar-refractivity contribution in [1.82, 2.24) is 10.1 Å². The molecule has 2 aliphatic heterocycles. The zero-order valence-electron chi connectivity index (χ0n) is 16.7. The fourth-order valence-electron chi connectivity index (χ4n) is 3.93. The monoisotopic (exact) mass is 501 g/mol. The van der Waals surface area contributed by atoms with Crippen LogP contribution in [0.1, 0.15) is 25.6 Å². The highest BCUT2D eigenvalue weighted by atomic mass is 79.9. The molecule has 1 unspecified atom stereocenters. The number of rotatable bonds is 3. The first kappa shape index (κ1) is 20.1. The minimum atomic E-state index is -0.690. The molecule has 1 atom stereocenters. The molecular weight excluding hydrogens is 484 g/mol. The van der Waals surface area contributed by atoms with Gasteiger partial charge in [0.25, 0.3) is 6.17 Å². The van der Waals surface area contributed by atoms with Crippen molar-refractivity contribution >= 4 is 39.3 Å². The SMILES string of the molecule is CCSc1n[n+]2c(c(=O)[nH]1)-c1ccccc1N(C(C)=O)C2c1cc2c(cc1Br)OCO2. The van der Waals surface area contributed by atoms with Crippen molar-refractivity contribution in [1.29, 1.82) is 0 Å². The van der Waals surface area contributed by atoms with Crippen molar-refractivity contribution in [3.8, 4) is 22.8 Å². The average molecular weight is 502 g/mol. The first-order valence-corrected chi connectivity index (χ1v) is 11.4. The third-order valence-electron chi connectivity index (χ3n) is 5.15. The molecule has 3 aromatic rings. The molecule has 0 radical (unpaired) electrons. The predicted molar refractivity (Wildman–Crippen MR) is 118 cm³/mol. The lowest BCUT2D eigenvalue weighted by Gasteiger charge is -2.31. The number of halogens is 1. The molecule has 0 aliphatic carbocycles. The molecule has 1 N–H and O–H groups in total. The van der Waals surface area contributed by atoms with Gasteiger partial charge in [-0.05, 0) is 34.7 Å². The number of aromatic amines is 1. The summed E-state index contributed by atoms with van der Waals surface area (Å²) in [4.78, 5) is 30.6. The normalized spacial score (nSPS) is 16.1. The Morgan fingerprint density at radius 3 is 2.81 bits per heavy atom. The zero-order valence-corrected chi connectivity index (χ0v) is 19.1. The van der Waals surface area contributed by atoms with Crippen molar-refractivity contribution < 1.29 is 19.0 Å². The van der Waals surface area contributed by atoms with Gasteiger partial charge in [0, 0.05) is 16.5 Å². The highest BCUT2D eigenvalue weighted by Crippen LogP contribution is 2.43. The molecular formula is C21H18BrN4O4S+. The molecule has 0 saturated carbocycles. The van der Waals surface area contributed by atoms with Crippen LogP contribution in [-0.2, 0) is 4.79 Å². The minimum Gasteiger partial charge on any atom is -0.454 e. The standard InChI is InChI=1S/C21H17BrN4O4S/c1-3-31-21-23-19(28)18-12-6-4-5-7-15(12)25(11(2)27)20(26(18)24-21)13-8-16-17(9-14(13)22)30-10-29-16/h4-9,20H,3,10H2,1-2H3/p+1. The number of nitrogens with zero attached hydrogens (tertiary/aromatic N) is 3. The molecule has 0 fully saturated rings. The third kappa shape index (κ3) is 3.21. The molecule has 1 aromatic heterocycles. The van der Waals surface area contributed by atoms with E-state index in [1.807, 2.05) is 43.3 Å². The van der Waals surface area contributed by atoms with Gasteiger partial charge in [-0.2, -0.15) is 0 Å². The molecule has 1 amide bonds. The number of hydrogen-bond acceptors (Lipinski definition) is 6. The van der Waals surface area contributed by atoms with Gasteiger partial charge in [0.1, 0.15) is 0 Å². The number of amides is 1. The van der Waals surface area contributed by atoms with Crippen LogP contribution in [0.3, 0.4) is 0 Å². The van der Waals surface area contributed by atoms with E-state index < -0.39 is 6.17 Å². The number of benzene rings is 2. The van der Waals surface area contributed by atoms with Gasteiger partial charge in [-0.3, -0.25) is 14.6 Å². The van der Waals surface area contributed by atoms with E-state index in [1.165, 1.54) is 18.7 Å². The number of aromatic nitrogens is 3. The Bertz CT molecular complexity index is 1280. The number of carbonyl (C=O) groups excluding carboxylic acids is 1. The number of carbonyl (C=O) groups is 1. The number of thioether (sulfide) groups is 1. The summed E-state index contributed by atoms with van der Waals surface area (Å²) in [7, 11) is 0. The average Bonchev–Trinajstić information content (AvgIpc) is 3.19. The van der Waals surface area contributed by atoms with Crippen LogP contribution in [0.4, 0.5) is 5.69 Å². The van der Waals surface area contributed by atoms with E-state index in [0.29, 0.717) is 33.6 Å². The van der Waals surface area contributed by atoms with Crippen LogP contribution in [0.2, 0.25) is 0 Å². The Balaban J connectivity index is 1.84. The summed E-state index contributed by atoms with van der Waals surface area (Å²) in [6.07, 6.45) is -0.690. The lowest BCUT2D eigenvalue weighted by Crippen LogP contribution is -2.60. The second-order valence-corrected chi connectivity index (χ2v) is 9.10. The summed E-state index contributed by atoms with van der Waals surface area (Å²) in [5.74, 6) is 1.77. The highest BCUT2D eigenvalue weighted by molar-refractivity contribution is 9.10. The van der Waals surface area contributed by atoms with Crippen LogP contribution in [0.5, 0.6) is 11.5 Å². The fraction of sp³-hybridized carbons (Fsp3) is 0.238. The second kappa shape index (κ2) is 7.69.